The first-order valence-corrected chi connectivity index (χ1v) is 10.5. The highest BCUT2D eigenvalue weighted by atomic mass is 19.1. The van der Waals surface area contributed by atoms with Crippen LogP contribution >= 0.6 is 0 Å². The summed E-state index contributed by atoms with van der Waals surface area (Å²) in [4.78, 5) is 0. The minimum Gasteiger partial charge on any atom is -0.496 e. The maximum Gasteiger partial charge on any atom is 0.164 e. The van der Waals surface area contributed by atoms with E-state index in [2.05, 4.69) is 5.32 Å². The van der Waals surface area contributed by atoms with E-state index in [-0.39, 0.29) is 5.82 Å². The molecule has 0 unspecified atom stereocenters. The molecular formula is C26H26FN3O3. The van der Waals surface area contributed by atoms with E-state index in [9.17, 15) is 4.39 Å². The van der Waals surface area contributed by atoms with Crippen molar-refractivity contribution in [3.63, 3.8) is 0 Å². The van der Waals surface area contributed by atoms with Gasteiger partial charge in [0.1, 0.15) is 11.6 Å². The minimum absolute atomic E-state index is 0.276. The SMILES string of the molecule is COc1cc(OC)c(OC)cc1CNCc1cn(-c2ccccc2)nc1-c1ccc(F)cc1. The average Bonchev–Trinajstić information content (AvgIpc) is 3.28. The van der Waals surface area contributed by atoms with Crippen LogP contribution in [0.25, 0.3) is 16.9 Å². The van der Waals surface area contributed by atoms with Crippen molar-refractivity contribution in [2.75, 3.05) is 21.3 Å². The molecule has 1 heterocycles. The lowest BCUT2D eigenvalue weighted by molar-refractivity contribution is 0.347. The van der Waals surface area contributed by atoms with Gasteiger partial charge >= 0.3 is 0 Å². The standard InChI is InChI=1S/C26H26FN3O3/c1-31-23-14-25(33-3)24(32-2)13-19(23)15-28-16-20-17-30(22-7-5-4-6-8-22)29-26(20)18-9-11-21(27)12-10-18/h4-14,17,28H,15-16H2,1-3H3. The Morgan fingerprint density at radius 3 is 2.09 bits per heavy atom. The van der Waals surface area contributed by atoms with E-state index in [1.165, 1.54) is 12.1 Å². The Balaban J connectivity index is 1.60. The van der Waals surface area contributed by atoms with Crippen LogP contribution in [0.1, 0.15) is 11.1 Å². The predicted octanol–water partition coefficient (Wildman–Crippen LogP) is 4.99. The Bertz CT molecular complexity index is 1210. The Hall–Kier alpha value is -3.84. The number of rotatable bonds is 9. The van der Waals surface area contributed by atoms with Gasteiger partial charge in [0, 0.05) is 42.0 Å². The van der Waals surface area contributed by atoms with Crippen LogP contribution in [0.4, 0.5) is 4.39 Å². The topological polar surface area (TPSA) is 57.5 Å². The van der Waals surface area contributed by atoms with Crippen molar-refractivity contribution in [2.45, 2.75) is 13.1 Å². The highest BCUT2D eigenvalue weighted by Gasteiger charge is 2.15. The van der Waals surface area contributed by atoms with Crippen LogP contribution in [0, 0.1) is 5.82 Å². The summed E-state index contributed by atoms with van der Waals surface area (Å²) in [5.41, 5.74) is 4.53. The van der Waals surface area contributed by atoms with Crippen molar-refractivity contribution in [3.8, 4) is 34.2 Å². The van der Waals surface area contributed by atoms with Gasteiger partial charge in [0.25, 0.3) is 0 Å². The largest absolute Gasteiger partial charge is 0.496 e. The lowest BCUT2D eigenvalue weighted by Crippen LogP contribution is -2.14. The number of aromatic nitrogens is 2. The molecule has 1 N–H and O–H groups in total. The van der Waals surface area contributed by atoms with Gasteiger partial charge in [-0.15, -0.1) is 0 Å². The van der Waals surface area contributed by atoms with Crippen LogP contribution in [-0.2, 0) is 13.1 Å². The molecule has 0 spiro atoms. The molecule has 0 fully saturated rings. The zero-order valence-electron chi connectivity index (χ0n) is 18.8. The van der Waals surface area contributed by atoms with Gasteiger partial charge in [-0.1, -0.05) is 18.2 Å². The number of methoxy groups -OCH3 is 3. The van der Waals surface area contributed by atoms with Gasteiger partial charge in [0.2, 0.25) is 0 Å². The molecular weight excluding hydrogens is 421 g/mol. The van der Waals surface area contributed by atoms with Crippen LogP contribution in [0.2, 0.25) is 0 Å². The predicted molar refractivity (Wildman–Crippen MR) is 126 cm³/mol. The Morgan fingerprint density at radius 1 is 0.788 bits per heavy atom. The molecule has 1 aromatic heterocycles. The molecule has 0 aliphatic rings. The fourth-order valence-corrected chi connectivity index (χ4v) is 3.67. The number of para-hydroxylation sites is 1. The first-order valence-electron chi connectivity index (χ1n) is 10.5. The lowest BCUT2D eigenvalue weighted by Gasteiger charge is -2.14. The smallest absolute Gasteiger partial charge is 0.164 e. The van der Waals surface area contributed by atoms with E-state index in [4.69, 9.17) is 19.3 Å². The van der Waals surface area contributed by atoms with E-state index in [0.29, 0.717) is 30.3 Å². The molecule has 0 saturated heterocycles. The second kappa shape index (κ2) is 10.2. The third-order valence-electron chi connectivity index (χ3n) is 5.35. The van der Waals surface area contributed by atoms with Crippen LogP contribution in [0.5, 0.6) is 17.2 Å². The van der Waals surface area contributed by atoms with Gasteiger partial charge < -0.3 is 19.5 Å². The molecule has 0 radical (unpaired) electrons. The van der Waals surface area contributed by atoms with Crippen LogP contribution < -0.4 is 19.5 Å². The molecule has 0 aliphatic carbocycles. The van der Waals surface area contributed by atoms with Gasteiger partial charge in [-0.3, -0.25) is 0 Å². The number of nitrogens with zero attached hydrogens (tertiary/aromatic N) is 2. The van der Waals surface area contributed by atoms with Gasteiger partial charge in [0.05, 0.1) is 32.7 Å². The zero-order chi connectivity index (χ0) is 23.2. The Morgan fingerprint density at radius 2 is 1.42 bits per heavy atom. The van der Waals surface area contributed by atoms with Gasteiger partial charge in [-0.25, -0.2) is 9.07 Å². The summed E-state index contributed by atoms with van der Waals surface area (Å²) in [5.74, 6) is 1.68. The first-order chi connectivity index (χ1) is 16.1. The Kier molecular flexibility index (Phi) is 6.90. The van der Waals surface area contributed by atoms with E-state index in [0.717, 1.165) is 28.1 Å². The average molecular weight is 448 g/mol. The van der Waals surface area contributed by atoms with E-state index < -0.39 is 0 Å². The van der Waals surface area contributed by atoms with Gasteiger partial charge in [-0.05, 0) is 42.5 Å². The molecule has 4 aromatic rings. The molecule has 0 bridgehead atoms. The summed E-state index contributed by atoms with van der Waals surface area (Å²) in [6.07, 6.45) is 1.99. The van der Waals surface area contributed by atoms with Gasteiger partial charge in [-0.2, -0.15) is 5.10 Å². The second-order valence-corrected chi connectivity index (χ2v) is 7.41. The highest BCUT2D eigenvalue weighted by molar-refractivity contribution is 5.63. The molecule has 0 amide bonds. The molecule has 7 heteroatoms. The van der Waals surface area contributed by atoms with Crippen molar-refractivity contribution in [3.05, 3.63) is 89.9 Å². The molecule has 6 nitrogen and oxygen atoms in total. The fourth-order valence-electron chi connectivity index (χ4n) is 3.67. The number of hydrogen-bond acceptors (Lipinski definition) is 5. The van der Waals surface area contributed by atoms with E-state index in [1.807, 2.05) is 53.3 Å². The normalized spacial score (nSPS) is 10.8. The number of benzene rings is 3. The summed E-state index contributed by atoms with van der Waals surface area (Å²) < 4.78 is 31.6. The number of hydrogen-bond donors (Lipinski definition) is 1. The van der Waals surface area contributed by atoms with Crippen molar-refractivity contribution < 1.29 is 18.6 Å². The molecule has 0 saturated carbocycles. The number of halogens is 1. The van der Waals surface area contributed by atoms with Crippen LogP contribution in [0.3, 0.4) is 0 Å². The minimum atomic E-state index is -0.276. The van der Waals surface area contributed by atoms with Crippen LogP contribution in [0.15, 0.2) is 72.9 Å². The van der Waals surface area contributed by atoms with Crippen molar-refractivity contribution in [1.29, 1.82) is 0 Å². The molecule has 33 heavy (non-hydrogen) atoms. The highest BCUT2D eigenvalue weighted by Crippen LogP contribution is 2.34. The maximum atomic E-state index is 13.5. The maximum absolute atomic E-state index is 13.5. The summed E-state index contributed by atoms with van der Waals surface area (Å²) in [7, 11) is 4.83. The summed E-state index contributed by atoms with van der Waals surface area (Å²) in [6, 6.07) is 20.0. The van der Waals surface area contributed by atoms with E-state index in [1.54, 1.807) is 33.5 Å². The molecule has 170 valence electrons. The first kappa shape index (κ1) is 22.4. The van der Waals surface area contributed by atoms with Gasteiger partial charge in [0.15, 0.2) is 11.5 Å². The molecule has 3 aromatic carbocycles. The summed E-state index contributed by atoms with van der Waals surface area (Å²) in [6.45, 7) is 1.10. The monoisotopic (exact) mass is 447 g/mol. The lowest BCUT2D eigenvalue weighted by atomic mass is 10.1. The second-order valence-electron chi connectivity index (χ2n) is 7.41. The van der Waals surface area contributed by atoms with Crippen molar-refractivity contribution in [1.82, 2.24) is 15.1 Å². The number of ether oxygens (including phenoxy) is 3. The van der Waals surface area contributed by atoms with Crippen LogP contribution in [-0.4, -0.2) is 31.1 Å². The van der Waals surface area contributed by atoms with Crippen molar-refractivity contribution >= 4 is 0 Å². The zero-order valence-corrected chi connectivity index (χ0v) is 18.8. The molecule has 0 atom stereocenters. The molecule has 0 aliphatic heterocycles. The van der Waals surface area contributed by atoms with E-state index >= 15 is 0 Å². The third kappa shape index (κ3) is 4.99. The fraction of sp³-hybridized carbons (Fsp3) is 0.192. The molecule has 4 rings (SSSR count). The number of nitrogens with one attached hydrogen (secondary N) is 1. The Labute approximate surface area is 192 Å². The van der Waals surface area contributed by atoms with Crippen molar-refractivity contribution in [2.24, 2.45) is 0 Å². The quantitative estimate of drug-likeness (QED) is 0.392. The third-order valence-corrected chi connectivity index (χ3v) is 5.35. The summed E-state index contributed by atoms with van der Waals surface area (Å²) in [5, 5.41) is 8.25. The summed E-state index contributed by atoms with van der Waals surface area (Å²) >= 11 is 0.